The van der Waals surface area contributed by atoms with Crippen LogP contribution < -0.4 is 0 Å². The van der Waals surface area contributed by atoms with Crippen LogP contribution in [-0.2, 0) is 11.3 Å². The fraction of sp³-hybridized carbons (Fsp3) is 0.667. The summed E-state index contributed by atoms with van der Waals surface area (Å²) in [6, 6.07) is 0. The van der Waals surface area contributed by atoms with Crippen molar-refractivity contribution in [3.63, 3.8) is 0 Å². The van der Waals surface area contributed by atoms with Gasteiger partial charge in [0.2, 0.25) is 0 Å². The van der Waals surface area contributed by atoms with Crippen molar-refractivity contribution in [3.8, 4) is 0 Å². The average molecular weight is 229 g/mol. The number of ether oxygens (including phenoxy) is 1. The SMILES string of the molecule is CCOC(CO)Cn1c([N+](=O)[O-])cnc1C. The maximum Gasteiger partial charge on any atom is 0.342 e. The van der Waals surface area contributed by atoms with Crippen LogP contribution in [-0.4, -0.2) is 38.9 Å². The molecule has 1 heterocycles. The Kier molecular flexibility index (Phi) is 4.39. The third kappa shape index (κ3) is 2.77. The van der Waals surface area contributed by atoms with E-state index in [2.05, 4.69) is 4.98 Å². The summed E-state index contributed by atoms with van der Waals surface area (Å²) in [5.74, 6) is 0.445. The molecule has 1 aromatic heterocycles. The fourth-order valence-corrected chi connectivity index (χ4v) is 1.43. The van der Waals surface area contributed by atoms with Gasteiger partial charge in [0.15, 0.2) is 5.82 Å². The van der Waals surface area contributed by atoms with E-state index in [0.29, 0.717) is 12.4 Å². The number of nitrogens with zero attached hydrogens (tertiary/aromatic N) is 3. The van der Waals surface area contributed by atoms with E-state index >= 15 is 0 Å². The lowest BCUT2D eigenvalue weighted by molar-refractivity contribution is -0.392. The summed E-state index contributed by atoms with van der Waals surface area (Å²) in [6.07, 6.45) is 0.756. The van der Waals surface area contributed by atoms with Crippen LogP contribution in [0.2, 0.25) is 0 Å². The monoisotopic (exact) mass is 229 g/mol. The molecule has 0 amide bonds. The Morgan fingerprint density at radius 1 is 1.75 bits per heavy atom. The summed E-state index contributed by atoms with van der Waals surface area (Å²) >= 11 is 0. The van der Waals surface area contributed by atoms with Crippen LogP contribution in [0.15, 0.2) is 6.20 Å². The molecule has 1 unspecified atom stereocenters. The lowest BCUT2D eigenvalue weighted by atomic mass is 10.3. The minimum Gasteiger partial charge on any atom is -0.394 e. The van der Waals surface area contributed by atoms with E-state index in [1.807, 2.05) is 0 Å². The Hall–Kier alpha value is -1.47. The smallest absolute Gasteiger partial charge is 0.342 e. The number of aromatic nitrogens is 2. The van der Waals surface area contributed by atoms with Gasteiger partial charge < -0.3 is 20.0 Å². The lowest BCUT2D eigenvalue weighted by Crippen LogP contribution is -2.25. The zero-order valence-electron chi connectivity index (χ0n) is 9.29. The molecule has 0 aliphatic rings. The molecule has 0 radical (unpaired) electrons. The van der Waals surface area contributed by atoms with Gasteiger partial charge in [-0.25, -0.2) is 9.55 Å². The Morgan fingerprint density at radius 3 is 2.94 bits per heavy atom. The van der Waals surface area contributed by atoms with Crippen molar-refractivity contribution < 1.29 is 14.8 Å². The number of aryl methyl sites for hydroxylation is 1. The van der Waals surface area contributed by atoms with Crippen molar-refractivity contribution in [2.75, 3.05) is 13.2 Å². The van der Waals surface area contributed by atoms with E-state index in [0.717, 1.165) is 0 Å². The van der Waals surface area contributed by atoms with Crippen LogP contribution in [0.25, 0.3) is 0 Å². The summed E-state index contributed by atoms with van der Waals surface area (Å²) < 4.78 is 6.66. The van der Waals surface area contributed by atoms with Gasteiger partial charge in [-0.05, 0) is 11.8 Å². The molecule has 0 saturated carbocycles. The second kappa shape index (κ2) is 5.57. The Morgan fingerprint density at radius 2 is 2.44 bits per heavy atom. The Labute approximate surface area is 92.8 Å². The molecule has 1 atom stereocenters. The fourth-order valence-electron chi connectivity index (χ4n) is 1.43. The normalized spacial score (nSPS) is 12.7. The van der Waals surface area contributed by atoms with Crippen molar-refractivity contribution in [1.29, 1.82) is 0 Å². The van der Waals surface area contributed by atoms with Gasteiger partial charge in [0.05, 0.1) is 6.61 Å². The van der Waals surface area contributed by atoms with E-state index in [4.69, 9.17) is 9.84 Å². The van der Waals surface area contributed by atoms with Gasteiger partial charge in [-0.2, -0.15) is 0 Å². The van der Waals surface area contributed by atoms with Crippen molar-refractivity contribution in [1.82, 2.24) is 9.55 Å². The van der Waals surface area contributed by atoms with Crippen LogP contribution in [0.4, 0.5) is 5.82 Å². The molecule has 1 N–H and O–H groups in total. The topological polar surface area (TPSA) is 90.4 Å². The third-order valence-corrected chi connectivity index (χ3v) is 2.21. The minimum absolute atomic E-state index is 0.0874. The van der Waals surface area contributed by atoms with Crippen LogP contribution in [0, 0.1) is 17.0 Å². The second-order valence-electron chi connectivity index (χ2n) is 3.29. The van der Waals surface area contributed by atoms with Gasteiger partial charge in [0.25, 0.3) is 0 Å². The predicted molar refractivity (Wildman–Crippen MR) is 56.1 cm³/mol. The molecule has 7 nitrogen and oxygen atoms in total. The van der Waals surface area contributed by atoms with E-state index in [1.54, 1.807) is 13.8 Å². The van der Waals surface area contributed by atoms with Gasteiger partial charge in [-0.15, -0.1) is 0 Å². The quantitative estimate of drug-likeness (QED) is 0.566. The highest BCUT2D eigenvalue weighted by Gasteiger charge is 2.21. The summed E-state index contributed by atoms with van der Waals surface area (Å²) in [7, 11) is 0. The molecule has 0 aliphatic heterocycles. The third-order valence-electron chi connectivity index (χ3n) is 2.21. The first-order chi connectivity index (χ1) is 7.60. The van der Waals surface area contributed by atoms with Gasteiger partial charge in [-0.1, -0.05) is 0 Å². The van der Waals surface area contributed by atoms with Crippen molar-refractivity contribution in [2.45, 2.75) is 26.5 Å². The summed E-state index contributed by atoms with van der Waals surface area (Å²) in [5, 5.41) is 19.8. The van der Waals surface area contributed by atoms with E-state index in [9.17, 15) is 10.1 Å². The molecule has 0 aromatic carbocycles. The van der Waals surface area contributed by atoms with Crippen molar-refractivity contribution >= 4 is 5.82 Å². The summed E-state index contributed by atoms with van der Waals surface area (Å²) in [6.45, 7) is 3.98. The van der Waals surface area contributed by atoms with Gasteiger partial charge in [-0.3, -0.25) is 0 Å². The number of aliphatic hydroxyl groups is 1. The number of hydrogen-bond acceptors (Lipinski definition) is 5. The number of nitro groups is 1. The summed E-state index contributed by atoms with van der Waals surface area (Å²) in [5.41, 5.74) is 0. The zero-order chi connectivity index (χ0) is 12.1. The van der Waals surface area contributed by atoms with Crippen LogP contribution in [0.1, 0.15) is 12.7 Å². The lowest BCUT2D eigenvalue weighted by Gasteiger charge is -2.13. The first-order valence-electron chi connectivity index (χ1n) is 4.99. The molecular weight excluding hydrogens is 214 g/mol. The first-order valence-corrected chi connectivity index (χ1v) is 4.99. The molecule has 16 heavy (non-hydrogen) atoms. The molecule has 0 spiro atoms. The largest absolute Gasteiger partial charge is 0.394 e. The number of rotatable bonds is 6. The molecule has 90 valence electrons. The maximum atomic E-state index is 10.7. The molecule has 1 aromatic rings. The Bertz CT molecular complexity index is 364. The van der Waals surface area contributed by atoms with Crippen LogP contribution >= 0.6 is 0 Å². The summed E-state index contributed by atoms with van der Waals surface area (Å²) in [4.78, 5) is 14.1. The number of aliphatic hydroxyl groups excluding tert-OH is 1. The first kappa shape index (κ1) is 12.6. The highest BCUT2D eigenvalue weighted by Crippen LogP contribution is 2.14. The zero-order valence-corrected chi connectivity index (χ0v) is 9.29. The minimum atomic E-state index is -0.500. The van der Waals surface area contributed by atoms with Crippen molar-refractivity contribution in [3.05, 3.63) is 22.1 Å². The molecule has 0 fully saturated rings. The Balaban J connectivity index is 2.85. The predicted octanol–water partition coefficient (Wildman–Crippen LogP) is 0.497. The molecular formula is C9H15N3O4. The highest BCUT2D eigenvalue weighted by molar-refractivity contribution is 5.18. The standard InChI is InChI=1S/C9H15N3O4/c1-3-16-8(6-13)5-11-7(2)10-4-9(11)12(14)15/h4,8,13H,3,5-6H2,1-2H3. The highest BCUT2D eigenvalue weighted by atomic mass is 16.6. The van der Waals surface area contributed by atoms with Gasteiger partial charge in [0, 0.05) is 13.5 Å². The van der Waals surface area contributed by atoms with E-state index < -0.39 is 11.0 Å². The number of hydrogen-bond donors (Lipinski definition) is 1. The number of imidazole rings is 1. The maximum absolute atomic E-state index is 10.7. The van der Waals surface area contributed by atoms with Crippen LogP contribution in [0.3, 0.4) is 0 Å². The van der Waals surface area contributed by atoms with Gasteiger partial charge in [0.1, 0.15) is 18.8 Å². The molecule has 0 aliphatic carbocycles. The van der Waals surface area contributed by atoms with Gasteiger partial charge >= 0.3 is 5.82 Å². The van der Waals surface area contributed by atoms with Crippen LogP contribution in [0.5, 0.6) is 0 Å². The van der Waals surface area contributed by atoms with E-state index in [-0.39, 0.29) is 19.0 Å². The van der Waals surface area contributed by atoms with Crippen molar-refractivity contribution in [2.24, 2.45) is 0 Å². The second-order valence-corrected chi connectivity index (χ2v) is 3.29. The molecule has 0 saturated heterocycles. The molecule has 0 bridgehead atoms. The molecule has 7 heteroatoms. The average Bonchev–Trinajstić information content (AvgIpc) is 2.60. The van der Waals surface area contributed by atoms with E-state index in [1.165, 1.54) is 10.8 Å². The molecule has 1 rings (SSSR count).